The third-order valence-electron chi connectivity index (χ3n) is 3.50. The zero-order valence-corrected chi connectivity index (χ0v) is 11.1. The summed E-state index contributed by atoms with van der Waals surface area (Å²) in [6.07, 6.45) is 4.05. The van der Waals surface area contributed by atoms with Gasteiger partial charge in [0.05, 0.1) is 5.69 Å². The van der Waals surface area contributed by atoms with Crippen LogP contribution in [0.15, 0.2) is 30.5 Å². The predicted molar refractivity (Wildman–Crippen MR) is 76.4 cm³/mol. The van der Waals surface area contributed by atoms with E-state index in [2.05, 4.69) is 40.0 Å². The Morgan fingerprint density at radius 2 is 2.21 bits per heavy atom. The van der Waals surface area contributed by atoms with Crippen LogP contribution in [0.5, 0.6) is 0 Å². The fourth-order valence-electron chi connectivity index (χ4n) is 2.56. The van der Waals surface area contributed by atoms with Crippen molar-refractivity contribution in [2.24, 2.45) is 5.73 Å². The number of aryl methyl sites for hydroxylation is 2. The molecule has 98 valence electrons. The Morgan fingerprint density at radius 3 is 3.05 bits per heavy atom. The van der Waals surface area contributed by atoms with Gasteiger partial charge in [-0.25, -0.2) is 9.97 Å². The summed E-state index contributed by atoms with van der Waals surface area (Å²) >= 11 is 0. The molecule has 0 unspecified atom stereocenters. The molecule has 4 nitrogen and oxygen atoms in total. The second-order valence-corrected chi connectivity index (χ2v) is 4.94. The molecule has 2 N–H and O–H groups in total. The maximum Gasteiger partial charge on any atom is 0.230 e. The van der Waals surface area contributed by atoms with Crippen LogP contribution in [-0.2, 0) is 13.0 Å². The summed E-state index contributed by atoms with van der Waals surface area (Å²) < 4.78 is 0. The third-order valence-corrected chi connectivity index (χ3v) is 3.50. The quantitative estimate of drug-likeness (QED) is 0.893. The number of anilines is 2. The van der Waals surface area contributed by atoms with Gasteiger partial charge in [-0.3, -0.25) is 0 Å². The Labute approximate surface area is 113 Å². The molecule has 0 amide bonds. The SMILES string of the molecule is Cc1ccc2c(c1)CCCN2c1nccc(CN)n1. The van der Waals surface area contributed by atoms with Gasteiger partial charge in [-0.05, 0) is 37.5 Å². The van der Waals surface area contributed by atoms with Gasteiger partial charge in [0, 0.05) is 25.0 Å². The summed E-state index contributed by atoms with van der Waals surface area (Å²) in [5.41, 5.74) is 10.4. The van der Waals surface area contributed by atoms with Crippen LogP contribution in [0.2, 0.25) is 0 Å². The lowest BCUT2D eigenvalue weighted by Gasteiger charge is -2.29. The molecule has 1 aliphatic rings. The van der Waals surface area contributed by atoms with Gasteiger partial charge in [0.2, 0.25) is 5.95 Å². The van der Waals surface area contributed by atoms with Crippen molar-refractivity contribution in [1.82, 2.24) is 9.97 Å². The molecule has 19 heavy (non-hydrogen) atoms. The van der Waals surface area contributed by atoms with E-state index in [1.54, 1.807) is 6.20 Å². The molecule has 1 aliphatic heterocycles. The number of aromatic nitrogens is 2. The van der Waals surface area contributed by atoms with Crippen LogP contribution in [0.4, 0.5) is 11.6 Å². The first-order valence-electron chi connectivity index (χ1n) is 6.67. The summed E-state index contributed by atoms with van der Waals surface area (Å²) in [5.74, 6) is 0.757. The molecule has 0 bridgehead atoms. The third kappa shape index (κ3) is 2.31. The number of rotatable bonds is 2. The van der Waals surface area contributed by atoms with Gasteiger partial charge in [-0.1, -0.05) is 17.7 Å². The number of hydrogen-bond donors (Lipinski definition) is 1. The van der Waals surface area contributed by atoms with E-state index in [1.165, 1.54) is 16.8 Å². The van der Waals surface area contributed by atoms with Gasteiger partial charge in [0.1, 0.15) is 0 Å². The normalized spacial score (nSPS) is 14.3. The van der Waals surface area contributed by atoms with Crippen LogP contribution in [0, 0.1) is 6.92 Å². The first-order valence-corrected chi connectivity index (χ1v) is 6.67. The molecule has 1 aromatic heterocycles. The number of nitrogens with two attached hydrogens (primary N) is 1. The van der Waals surface area contributed by atoms with Crippen molar-refractivity contribution in [3.8, 4) is 0 Å². The zero-order valence-electron chi connectivity index (χ0n) is 11.1. The molecule has 0 saturated carbocycles. The van der Waals surface area contributed by atoms with Crippen molar-refractivity contribution < 1.29 is 0 Å². The van der Waals surface area contributed by atoms with Crippen molar-refractivity contribution in [3.05, 3.63) is 47.3 Å². The van der Waals surface area contributed by atoms with Crippen molar-refractivity contribution >= 4 is 11.6 Å². The first-order chi connectivity index (χ1) is 9.28. The Bertz CT molecular complexity index is 594. The minimum Gasteiger partial charge on any atom is -0.325 e. The van der Waals surface area contributed by atoms with Gasteiger partial charge in [-0.2, -0.15) is 0 Å². The van der Waals surface area contributed by atoms with E-state index in [0.717, 1.165) is 31.0 Å². The van der Waals surface area contributed by atoms with E-state index < -0.39 is 0 Å². The first kappa shape index (κ1) is 12.1. The van der Waals surface area contributed by atoms with Gasteiger partial charge in [0.25, 0.3) is 0 Å². The lowest BCUT2D eigenvalue weighted by Crippen LogP contribution is -2.26. The summed E-state index contributed by atoms with van der Waals surface area (Å²) in [6, 6.07) is 8.43. The minimum atomic E-state index is 0.449. The molecular formula is C15H18N4. The maximum absolute atomic E-state index is 5.65. The van der Waals surface area contributed by atoms with Crippen LogP contribution in [0.25, 0.3) is 0 Å². The average molecular weight is 254 g/mol. The van der Waals surface area contributed by atoms with Crippen molar-refractivity contribution in [2.45, 2.75) is 26.3 Å². The number of nitrogens with zero attached hydrogens (tertiary/aromatic N) is 3. The van der Waals surface area contributed by atoms with E-state index in [-0.39, 0.29) is 0 Å². The van der Waals surface area contributed by atoms with Crippen LogP contribution < -0.4 is 10.6 Å². The lowest BCUT2D eigenvalue weighted by molar-refractivity contribution is 0.745. The van der Waals surface area contributed by atoms with Crippen LogP contribution in [-0.4, -0.2) is 16.5 Å². The largest absolute Gasteiger partial charge is 0.325 e. The highest BCUT2D eigenvalue weighted by atomic mass is 15.3. The van der Waals surface area contributed by atoms with E-state index in [9.17, 15) is 0 Å². The van der Waals surface area contributed by atoms with Crippen molar-refractivity contribution in [1.29, 1.82) is 0 Å². The topological polar surface area (TPSA) is 55.0 Å². The molecule has 0 aliphatic carbocycles. The monoisotopic (exact) mass is 254 g/mol. The predicted octanol–water partition coefficient (Wildman–Crippen LogP) is 2.33. The standard InChI is InChI=1S/C15H18N4/c1-11-4-5-14-12(9-11)3-2-8-19(14)15-17-7-6-13(10-16)18-15/h4-7,9H,2-3,8,10,16H2,1H3. The summed E-state index contributed by atoms with van der Waals surface area (Å²) in [5, 5.41) is 0. The van der Waals surface area contributed by atoms with E-state index in [1.807, 2.05) is 6.07 Å². The summed E-state index contributed by atoms with van der Waals surface area (Å²) in [7, 11) is 0. The molecule has 0 radical (unpaired) electrons. The Morgan fingerprint density at radius 1 is 1.32 bits per heavy atom. The van der Waals surface area contributed by atoms with Gasteiger partial charge < -0.3 is 10.6 Å². The minimum absolute atomic E-state index is 0.449. The lowest BCUT2D eigenvalue weighted by atomic mass is 10.00. The number of benzene rings is 1. The molecule has 0 spiro atoms. The van der Waals surface area contributed by atoms with Crippen molar-refractivity contribution in [2.75, 3.05) is 11.4 Å². The molecule has 2 aromatic rings. The smallest absolute Gasteiger partial charge is 0.230 e. The highest BCUT2D eigenvalue weighted by molar-refractivity contribution is 5.64. The van der Waals surface area contributed by atoms with Gasteiger partial charge in [0.15, 0.2) is 0 Å². The fourth-order valence-corrected chi connectivity index (χ4v) is 2.56. The number of fused-ring (bicyclic) bond motifs is 1. The molecule has 2 heterocycles. The zero-order chi connectivity index (χ0) is 13.2. The summed E-state index contributed by atoms with van der Waals surface area (Å²) in [4.78, 5) is 11.1. The van der Waals surface area contributed by atoms with Crippen LogP contribution in [0.3, 0.4) is 0 Å². The van der Waals surface area contributed by atoms with Gasteiger partial charge in [-0.15, -0.1) is 0 Å². The van der Waals surface area contributed by atoms with Crippen LogP contribution >= 0.6 is 0 Å². The Balaban J connectivity index is 2.03. The number of hydrogen-bond acceptors (Lipinski definition) is 4. The van der Waals surface area contributed by atoms with E-state index in [4.69, 9.17) is 5.73 Å². The molecule has 4 heteroatoms. The Kier molecular flexibility index (Phi) is 3.17. The van der Waals surface area contributed by atoms with Crippen LogP contribution in [0.1, 0.15) is 23.2 Å². The maximum atomic E-state index is 5.65. The second kappa shape index (κ2) is 4.97. The highest BCUT2D eigenvalue weighted by Crippen LogP contribution is 2.32. The highest BCUT2D eigenvalue weighted by Gasteiger charge is 2.20. The summed E-state index contributed by atoms with van der Waals surface area (Å²) in [6.45, 7) is 3.54. The molecule has 0 saturated heterocycles. The van der Waals surface area contributed by atoms with Gasteiger partial charge >= 0.3 is 0 Å². The Hall–Kier alpha value is -1.94. The van der Waals surface area contributed by atoms with E-state index in [0.29, 0.717) is 6.54 Å². The molecule has 0 fully saturated rings. The molecule has 3 rings (SSSR count). The fraction of sp³-hybridized carbons (Fsp3) is 0.333. The molecule has 1 aromatic carbocycles. The molecular weight excluding hydrogens is 236 g/mol. The average Bonchev–Trinajstić information content (AvgIpc) is 2.46. The van der Waals surface area contributed by atoms with Crippen molar-refractivity contribution in [3.63, 3.8) is 0 Å². The molecule has 0 atom stereocenters. The second-order valence-electron chi connectivity index (χ2n) is 4.94. The van der Waals surface area contributed by atoms with E-state index >= 15 is 0 Å².